The summed E-state index contributed by atoms with van der Waals surface area (Å²) < 4.78 is 28.2. The van der Waals surface area contributed by atoms with Crippen molar-refractivity contribution < 1.29 is 13.2 Å². The van der Waals surface area contributed by atoms with Gasteiger partial charge in [-0.2, -0.15) is 0 Å². The molecule has 3 aromatic rings. The van der Waals surface area contributed by atoms with Crippen molar-refractivity contribution in [3.05, 3.63) is 87.9 Å². The van der Waals surface area contributed by atoms with Crippen LogP contribution in [0.3, 0.4) is 0 Å². The number of sulfonamides is 1. The Morgan fingerprint density at radius 1 is 0.935 bits per heavy atom. The number of hydrogen-bond donors (Lipinski definition) is 1. The van der Waals surface area contributed by atoms with Gasteiger partial charge in [0.2, 0.25) is 5.91 Å². The van der Waals surface area contributed by atoms with Gasteiger partial charge in [-0.05, 0) is 74.7 Å². The summed E-state index contributed by atoms with van der Waals surface area (Å²) in [6.07, 6.45) is 0. The maximum Gasteiger partial charge on any atom is 0.264 e. The summed E-state index contributed by atoms with van der Waals surface area (Å²) in [6, 6.07) is 17.2. The van der Waals surface area contributed by atoms with Crippen LogP contribution in [0.1, 0.15) is 22.3 Å². The second kappa shape index (κ2) is 9.12. The lowest BCUT2D eigenvalue weighted by molar-refractivity contribution is -0.114. The number of halogens is 1. The maximum atomic E-state index is 13.5. The molecule has 0 aliphatic rings. The van der Waals surface area contributed by atoms with Gasteiger partial charge in [-0.3, -0.25) is 9.10 Å². The summed E-state index contributed by atoms with van der Waals surface area (Å²) in [5, 5.41) is 3.27. The predicted octanol–water partition coefficient (Wildman–Crippen LogP) is 5.41. The van der Waals surface area contributed by atoms with E-state index in [1.807, 2.05) is 33.8 Å². The minimum absolute atomic E-state index is 0.130. The summed E-state index contributed by atoms with van der Waals surface area (Å²) in [5.74, 6) is -0.457. The van der Waals surface area contributed by atoms with E-state index in [0.29, 0.717) is 16.4 Å². The van der Waals surface area contributed by atoms with Gasteiger partial charge in [-0.25, -0.2) is 8.42 Å². The average molecular weight is 457 g/mol. The molecule has 0 saturated carbocycles. The van der Waals surface area contributed by atoms with Gasteiger partial charge >= 0.3 is 0 Å². The molecule has 1 amide bonds. The van der Waals surface area contributed by atoms with Gasteiger partial charge in [0.1, 0.15) is 6.54 Å². The molecular weight excluding hydrogens is 432 g/mol. The Morgan fingerprint density at radius 2 is 1.61 bits per heavy atom. The number of anilines is 2. The molecule has 0 bridgehead atoms. The molecule has 31 heavy (non-hydrogen) atoms. The quantitative estimate of drug-likeness (QED) is 0.539. The van der Waals surface area contributed by atoms with Crippen LogP contribution in [-0.4, -0.2) is 20.9 Å². The van der Waals surface area contributed by atoms with E-state index in [1.54, 1.807) is 54.6 Å². The van der Waals surface area contributed by atoms with Gasteiger partial charge in [-0.1, -0.05) is 47.5 Å². The lowest BCUT2D eigenvalue weighted by Gasteiger charge is -2.26. The SMILES string of the molecule is Cc1ccc(S(=O)(=O)N(CC(=O)Nc2cc(Cl)ccc2C)c2cccc(C)c2C)cc1. The molecule has 5 nitrogen and oxygen atoms in total. The highest BCUT2D eigenvalue weighted by atomic mass is 35.5. The zero-order valence-corrected chi connectivity index (χ0v) is 19.5. The first-order valence-corrected chi connectivity index (χ1v) is 11.6. The Morgan fingerprint density at radius 3 is 2.29 bits per heavy atom. The summed E-state index contributed by atoms with van der Waals surface area (Å²) >= 11 is 6.05. The summed E-state index contributed by atoms with van der Waals surface area (Å²) in [4.78, 5) is 13.1. The number of aryl methyl sites for hydroxylation is 3. The van der Waals surface area contributed by atoms with Gasteiger partial charge in [0.05, 0.1) is 10.6 Å². The number of carbonyl (C=O) groups excluding carboxylic acids is 1. The first-order valence-electron chi connectivity index (χ1n) is 9.81. The molecule has 3 aromatic carbocycles. The Hall–Kier alpha value is -2.83. The van der Waals surface area contributed by atoms with E-state index in [4.69, 9.17) is 11.6 Å². The fourth-order valence-corrected chi connectivity index (χ4v) is 4.84. The Labute approximate surface area is 188 Å². The summed E-state index contributed by atoms with van der Waals surface area (Å²) in [7, 11) is -3.97. The molecule has 7 heteroatoms. The van der Waals surface area contributed by atoms with Crippen LogP contribution in [0.2, 0.25) is 5.02 Å². The van der Waals surface area contributed by atoms with Crippen LogP contribution in [0, 0.1) is 27.7 Å². The molecule has 1 N–H and O–H groups in total. The van der Waals surface area contributed by atoms with Gasteiger partial charge in [0, 0.05) is 10.7 Å². The van der Waals surface area contributed by atoms with Crippen LogP contribution in [0.5, 0.6) is 0 Å². The van der Waals surface area contributed by atoms with Crippen molar-refractivity contribution in [3.63, 3.8) is 0 Å². The monoisotopic (exact) mass is 456 g/mol. The number of amides is 1. The van der Waals surface area contributed by atoms with Crippen molar-refractivity contribution in [1.29, 1.82) is 0 Å². The standard InChI is InChI=1S/C24H25ClN2O3S/c1-16-8-12-21(13-9-16)31(29,30)27(23-7-5-6-17(2)19(23)4)15-24(28)26-22-14-20(25)11-10-18(22)3/h5-14H,15H2,1-4H3,(H,26,28). The van der Waals surface area contributed by atoms with E-state index in [0.717, 1.165) is 26.6 Å². The van der Waals surface area contributed by atoms with Crippen LogP contribution in [0.25, 0.3) is 0 Å². The second-order valence-corrected chi connectivity index (χ2v) is 9.85. The van der Waals surface area contributed by atoms with E-state index < -0.39 is 15.9 Å². The smallest absolute Gasteiger partial charge is 0.264 e. The molecule has 0 aliphatic carbocycles. The highest BCUT2D eigenvalue weighted by Crippen LogP contribution is 2.29. The Bertz CT molecular complexity index is 1220. The van der Waals surface area contributed by atoms with Crippen LogP contribution in [0.4, 0.5) is 11.4 Å². The topological polar surface area (TPSA) is 66.5 Å². The molecule has 0 aliphatic heterocycles. The highest BCUT2D eigenvalue weighted by Gasteiger charge is 2.28. The third-order valence-corrected chi connectivity index (χ3v) is 7.22. The molecule has 0 fully saturated rings. The fourth-order valence-electron chi connectivity index (χ4n) is 3.19. The average Bonchev–Trinajstić information content (AvgIpc) is 2.71. The van der Waals surface area contributed by atoms with Crippen molar-refractivity contribution >= 4 is 38.9 Å². The highest BCUT2D eigenvalue weighted by molar-refractivity contribution is 7.92. The molecule has 0 aromatic heterocycles. The molecule has 0 saturated heterocycles. The van der Waals surface area contributed by atoms with E-state index in [1.165, 1.54) is 0 Å². The normalized spacial score (nSPS) is 11.3. The molecule has 0 spiro atoms. The third-order valence-electron chi connectivity index (χ3n) is 5.21. The van der Waals surface area contributed by atoms with Gasteiger partial charge < -0.3 is 5.32 Å². The Kier molecular flexibility index (Phi) is 6.72. The number of rotatable bonds is 6. The first-order chi connectivity index (χ1) is 14.6. The van der Waals surface area contributed by atoms with Crippen LogP contribution in [-0.2, 0) is 14.8 Å². The zero-order chi connectivity index (χ0) is 22.8. The van der Waals surface area contributed by atoms with Gasteiger partial charge in [0.15, 0.2) is 0 Å². The van der Waals surface area contributed by atoms with Crippen LogP contribution < -0.4 is 9.62 Å². The third kappa shape index (κ3) is 5.09. The number of nitrogens with one attached hydrogen (secondary N) is 1. The zero-order valence-electron chi connectivity index (χ0n) is 17.9. The lowest BCUT2D eigenvalue weighted by Crippen LogP contribution is -2.38. The lowest BCUT2D eigenvalue weighted by atomic mass is 10.1. The summed E-state index contributed by atoms with van der Waals surface area (Å²) in [6.45, 7) is 7.12. The molecule has 162 valence electrons. The molecule has 0 heterocycles. The predicted molar refractivity (Wildman–Crippen MR) is 126 cm³/mol. The molecule has 3 rings (SSSR count). The van der Waals surface area contributed by atoms with Crippen molar-refractivity contribution in [3.8, 4) is 0 Å². The second-order valence-electron chi connectivity index (χ2n) is 7.55. The van der Waals surface area contributed by atoms with E-state index >= 15 is 0 Å². The van der Waals surface area contributed by atoms with E-state index in [-0.39, 0.29) is 11.4 Å². The van der Waals surface area contributed by atoms with E-state index in [2.05, 4.69) is 5.32 Å². The van der Waals surface area contributed by atoms with Crippen LogP contribution in [0.15, 0.2) is 65.6 Å². The maximum absolute atomic E-state index is 13.5. The molecule has 0 unspecified atom stereocenters. The number of hydrogen-bond acceptors (Lipinski definition) is 3. The van der Waals surface area contributed by atoms with Gasteiger partial charge in [0.25, 0.3) is 10.0 Å². The number of benzene rings is 3. The van der Waals surface area contributed by atoms with Crippen molar-refractivity contribution in [2.75, 3.05) is 16.2 Å². The first kappa shape index (κ1) is 22.8. The number of nitrogens with zero attached hydrogens (tertiary/aromatic N) is 1. The van der Waals surface area contributed by atoms with E-state index in [9.17, 15) is 13.2 Å². The minimum atomic E-state index is -3.97. The van der Waals surface area contributed by atoms with Gasteiger partial charge in [-0.15, -0.1) is 0 Å². The van der Waals surface area contributed by atoms with Crippen LogP contribution >= 0.6 is 11.6 Å². The minimum Gasteiger partial charge on any atom is -0.324 e. The molecule has 0 radical (unpaired) electrons. The number of carbonyl (C=O) groups is 1. The fraction of sp³-hybridized carbons (Fsp3) is 0.208. The Balaban J connectivity index is 2.02. The summed E-state index contributed by atoms with van der Waals surface area (Å²) in [5.41, 5.74) is 4.53. The van der Waals surface area contributed by atoms with Crippen molar-refractivity contribution in [2.45, 2.75) is 32.6 Å². The molecule has 0 atom stereocenters. The van der Waals surface area contributed by atoms with Crippen molar-refractivity contribution in [1.82, 2.24) is 0 Å². The largest absolute Gasteiger partial charge is 0.324 e. The van der Waals surface area contributed by atoms with Crippen molar-refractivity contribution in [2.24, 2.45) is 0 Å². The molecular formula is C24H25ClN2O3S.